The first-order valence-electron chi connectivity index (χ1n) is 5.74. The molecule has 1 rings (SSSR count). The molecule has 0 saturated carbocycles. The van der Waals surface area contributed by atoms with E-state index >= 15 is 0 Å². The minimum Gasteiger partial charge on any atom is -0.377 e. The van der Waals surface area contributed by atoms with Gasteiger partial charge in [-0.2, -0.15) is 0 Å². The van der Waals surface area contributed by atoms with Crippen molar-refractivity contribution in [3.63, 3.8) is 0 Å². The van der Waals surface area contributed by atoms with E-state index in [1.165, 1.54) is 0 Å². The fraction of sp³-hybridized carbons (Fsp3) is 0.909. The average molecular weight is 230 g/mol. The standard InChI is InChI=1S/C11H22N2O3/c1-4-5-8(12)11(14)13-6-9(15-2)10(7-13)16-3/h8-10H,4-7,12H2,1-3H3/t8-,9?,10?/m1/s1. The zero-order chi connectivity index (χ0) is 12.1. The number of hydrogen-bond acceptors (Lipinski definition) is 4. The number of carbonyl (C=O) groups is 1. The Hall–Kier alpha value is -0.650. The molecule has 94 valence electrons. The molecule has 1 aliphatic heterocycles. The smallest absolute Gasteiger partial charge is 0.239 e. The van der Waals surface area contributed by atoms with Crippen LogP contribution < -0.4 is 5.73 Å². The van der Waals surface area contributed by atoms with Crippen molar-refractivity contribution in [3.8, 4) is 0 Å². The van der Waals surface area contributed by atoms with Crippen molar-refractivity contribution in [2.45, 2.75) is 38.0 Å². The molecule has 3 atom stereocenters. The van der Waals surface area contributed by atoms with Crippen molar-refractivity contribution in [1.82, 2.24) is 4.90 Å². The molecule has 1 fully saturated rings. The first-order chi connectivity index (χ1) is 7.63. The molecule has 0 aromatic heterocycles. The Morgan fingerprint density at radius 1 is 1.38 bits per heavy atom. The van der Waals surface area contributed by atoms with Gasteiger partial charge in [-0.15, -0.1) is 0 Å². The van der Waals surface area contributed by atoms with E-state index in [2.05, 4.69) is 0 Å². The number of amides is 1. The Bertz CT molecular complexity index is 223. The van der Waals surface area contributed by atoms with Crippen LogP contribution in [0.25, 0.3) is 0 Å². The SMILES string of the molecule is CCC[C@@H](N)C(=O)N1CC(OC)C(OC)C1. The number of ether oxygens (including phenoxy) is 2. The highest BCUT2D eigenvalue weighted by Gasteiger charge is 2.36. The van der Waals surface area contributed by atoms with E-state index in [9.17, 15) is 4.79 Å². The summed E-state index contributed by atoms with van der Waals surface area (Å²) in [5.74, 6) is 0.00319. The lowest BCUT2D eigenvalue weighted by Gasteiger charge is -2.20. The van der Waals surface area contributed by atoms with Crippen LogP contribution in [0.4, 0.5) is 0 Å². The number of nitrogens with zero attached hydrogens (tertiary/aromatic N) is 1. The fourth-order valence-corrected chi connectivity index (χ4v) is 2.05. The molecule has 1 aliphatic rings. The van der Waals surface area contributed by atoms with Crippen LogP contribution in [0.3, 0.4) is 0 Å². The molecule has 5 nitrogen and oxygen atoms in total. The monoisotopic (exact) mass is 230 g/mol. The van der Waals surface area contributed by atoms with E-state index in [0.29, 0.717) is 13.1 Å². The second kappa shape index (κ2) is 6.18. The maximum absolute atomic E-state index is 11.9. The average Bonchev–Trinajstić information content (AvgIpc) is 2.71. The van der Waals surface area contributed by atoms with Crippen molar-refractivity contribution >= 4 is 5.91 Å². The molecule has 2 N–H and O–H groups in total. The minimum absolute atomic E-state index is 0.00319. The Balaban J connectivity index is 2.53. The van der Waals surface area contributed by atoms with Crippen LogP contribution in [-0.2, 0) is 14.3 Å². The second-order valence-corrected chi connectivity index (χ2v) is 4.19. The predicted molar refractivity (Wildman–Crippen MR) is 61.1 cm³/mol. The minimum atomic E-state index is -0.391. The molecule has 5 heteroatoms. The summed E-state index contributed by atoms with van der Waals surface area (Å²) < 4.78 is 10.6. The normalized spacial score (nSPS) is 27.1. The van der Waals surface area contributed by atoms with Gasteiger partial charge in [-0.05, 0) is 6.42 Å². The molecule has 2 unspecified atom stereocenters. The summed E-state index contributed by atoms with van der Waals surface area (Å²) >= 11 is 0. The third-order valence-electron chi connectivity index (χ3n) is 3.05. The van der Waals surface area contributed by atoms with Gasteiger partial charge in [0.2, 0.25) is 5.91 Å². The van der Waals surface area contributed by atoms with Gasteiger partial charge in [-0.25, -0.2) is 0 Å². The zero-order valence-electron chi connectivity index (χ0n) is 10.3. The quantitative estimate of drug-likeness (QED) is 0.721. The van der Waals surface area contributed by atoms with Crippen LogP contribution in [0.15, 0.2) is 0 Å². The largest absolute Gasteiger partial charge is 0.377 e. The molecule has 0 spiro atoms. The summed E-state index contributed by atoms with van der Waals surface area (Å²) in [5.41, 5.74) is 5.81. The molecular weight excluding hydrogens is 208 g/mol. The van der Waals surface area contributed by atoms with E-state index in [0.717, 1.165) is 12.8 Å². The fourth-order valence-electron chi connectivity index (χ4n) is 2.05. The highest BCUT2D eigenvalue weighted by Crippen LogP contribution is 2.16. The molecule has 1 amide bonds. The third-order valence-corrected chi connectivity index (χ3v) is 3.05. The number of rotatable bonds is 5. The molecule has 0 radical (unpaired) electrons. The van der Waals surface area contributed by atoms with Crippen molar-refractivity contribution in [2.75, 3.05) is 27.3 Å². The Morgan fingerprint density at radius 2 is 1.88 bits per heavy atom. The summed E-state index contributed by atoms with van der Waals surface area (Å²) in [7, 11) is 3.27. The van der Waals surface area contributed by atoms with E-state index in [1.54, 1.807) is 19.1 Å². The highest BCUT2D eigenvalue weighted by molar-refractivity contribution is 5.82. The van der Waals surface area contributed by atoms with Crippen molar-refractivity contribution in [2.24, 2.45) is 5.73 Å². The Morgan fingerprint density at radius 3 is 2.25 bits per heavy atom. The van der Waals surface area contributed by atoms with Crippen LogP contribution in [-0.4, -0.2) is 56.4 Å². The second-order valence-electron chi connectivity index (χ2n) is 4.19. The first kappa shape index (κ1) is 13.4. The summed E-state index contributed by atoms with van der Waals surface area (Å²) in [6.45, 7) is 3.17. The van der Waals surface area contributed by atoms with E-state index in [4.69, 9.17) is 15.2 Å². The zero-order valence-corrected chi connectivity index (χ0v) is 10.3. The van der Waals surface area contributed by atoms with Crippen LogP contribution in [0.1, 0.15) is 19.8 Å². The lowest BCUT2D eigenvalue weighted by atomic mass is 10.1. The van der Waals surface area contributed by atoms with Crippen molar-refractivity contribution in [3.05, 3.63) is 0 Å². The molecule has 0 aliphatic carbocycles. The molecule has 1 heterocycles. The molecule has 0 bridgehead atoms. The topological polar surface area (TPSA) is 64.8 Å². The van der Waals surface area contributed by atoms with Crippen LogP contribution in [0, 0.1) is 0 Å². The number of nitrogens with two attached hydrogens (primary N) is 1. The van der Waals surface area contributed by atoms with Crippen LogP contribution >= 0.6 is 0 Å². The van der Waals surface area contributed by atoms with Gasteiger partial charge in [0.25, 0.3) is 0 Å². The highest BCUT2D eigenvalue weighted by atomic mass is 16.5. The van der Waals surface area contributed by atoms with Gasteiger partial charge in [0.15, 0.2) is 0 Å². The van der Waals surface area contributed by atoms with Gasteiger partial charge in [0.05, 0.1) is 6.04 Å². The van der Waals surface area contributed by atoms with E-state index in [1.807, 2.05) is 6.92 Å². The predicted octanol–water partition coefficient (Wildman–Crippen LogP) is -0.0140. The maximum atomic E-state index is 11.9. The maximum Gasteiger partial charge on any atom is 0.239 e. The van der Waals surface area contributed by atoms with Crippen molar-refractivity contribution in [1.29, 1.82) is 0 Å². The van der Waals surface area contributed by atoms with Crippen molar-refractivity contribution < 1.29 is 14.3 Å². The first-order valence-corrected chi connectivity index (χ1v) is 5.74. The number of likely N-dealkylation sites (tertiary alicyclic amines) is 1. The van der Waals surface area contributed by atoms with E-state index < -0.39 is 6.04 Å². The summed E-state index contributed by atoms with van der Waals surface area (Å²) in [6.07, 6.45) is 1.57. The van der Waals surface area contributed by atoms with Crippen LogP contribution in [0.2, 0.25) is 0 Å². The summed E-state index contributed by atoms with van der Waals surface area (Å²) in [4.78, 5) is 13.7. The van der Waals surface area contributed by atoms with Crippen LogP contribution in [0.5, 0.6) is 0 Å². The van der Waals surface area contributed by atoms with Gasteiger partial charge < -0.3 is 20.1 Å². The molecule has 16 heavy (non-hydrogen) atoms. The number of methoxy groups -OCH3 is 2. The van der Waals surface area contributed by atoms with Gasteiger partial charge in [-0.1, -0.05) is 13.3 Å². The summed E-state index contributed by atoms with van der Waals surface area (Å²) in [6, 6.07) is -0.391. The molecular formula is C11H22N2O3. The van der Waals surface area contributed by atoms with E-state index in [-0.39, 0.29) is 18.1 Å². The molecule has 0 aromatic carbocycles. The number of carbonyl (C=O) groups excluding carboxylic acids is 1. The van der Waals surface area contributed by atoms with Gasteiger partial charge in [-0.3, -0.25) is 4.79 Å². The lowest BCUT2D eigenvalue weighted by molar-refractivity contribution is -0.132. The molecule has 0 aromatic rings. The third kappa shape index (κ3) is 2.93. The Kier molecular flexibility index (Phi) is 5.18. The lowest BCUT2D eigenvalue weighted by Crippen LogP contribution is -2.43. The number of hydrogen-bond donors (Lipinski definition) is 1. The van der Waals surface area contributed by atoms with Gasteiger partial charge in [0.1, 0.15) is 12.2 Å². The van der Waals surface area contributed by atoms with Gasteiger partial charge in [0, 0.05) is 27.3 Å². The summed E-state index contributed by atoms with van der Waals surface area (Å²) in [5, 5.41) is 0. The molecule has 1 saturated heterocycles. The Labute approximate surface area is 96.9 Å². The van der Waals surface area contributed by atoms with Gasteiger partial charge >= 0.3 is 0 Å².